The highest BCUT2D eigenvalue weighted by Crippen LogP contribution is 2.22. The SMILES string of the molecule is Cn1c(=O)/c(=C/c2ccccc2)nc(OCCCN2C(=O)c3ccccc3C2=O)/c1=C/c1ccccc1. The zero-order chi connectivity index (χ0) is 25.8. The third kappa shape index (κ3) is 4.97. The van der Waals surface area contributed by atoms with Gasteiger partial charge in [-0.3, -0.25) is 19.3 Å². The molecule has 4 aromatic rings. The van der Waals surface area contributed by atoms with Crippen molar-refractivity contribution in [2.75, 3.05) is 13.2 Å². The van der Waals surface area contributed by atoms with Crippen LogP contribution in [0, 0.1) is 0 Å². The number of hydrogen-bond donors (Lipinski definition) is 0. The zero-order valence-electron chi connectivity index (χ0n) is 20.3. The summed E-state index contributed by atoms with van der Waals surface area (Å²) in [6.45, 7) is 0.428. The average molecular weight is 492 g/mol. The third-order valence-electron chi connectivity index (χ3n) is 6.18. The minimum Gasteiger partial charge on any atom is -0.476 e. The van der Waals surface area contributed by atoms with Crippen LogP contribution < -0.4 is 21.0 Å². The van der Waals surface area contributed by atoms with Gasteiger partial charge in [0.05, 0.1) is 17.7 Å². The van der Waals surface area contributed by atoms with E-state index in [4.69, 9.17) is 4.74 Å². The van der Waals surface area contributed by atoms with Crippen LogP contribution in [0.2, 0.25) is 0 Å². The Morgan fingerprint density at radius 1 is 0.757 bits per heavy atom. The summed E-state index contributed by atoms with van der Waals surface area (Å²) in [6.07, 6.45) is 3.99. The second-order valence-corrected chi connectivity index (χ2v) is 8.67. The van der Waals surface area contributed by atoms with Crippen molar-refractivity contribution in [3.8, 4) is 5.88 Å². The number of carbonyl (C=O) groups is 2. The summed E-state index contributed by atoms with van der Waals surface area (Å²) in [5.74, 6) is -0.284. The number of ether oxygens (including phenoxy) is 1. The van der Waals surface area contributed by atoms with Gasteiger partial charge in [0.2, 0.25) is 5.88 Å². The first kappa shape index (κ1) is 23.9. The van der Waals surface area contributed by atoms with Crippen LogP contribution in [0.15, 0.2) is 89.7 Å². The summed E-state index contributed by atoms with van der Waals surface area (Å²) in [5, 5.41) is 0.788. The fraction of sp³-hybridized carbons (Fsp3) is 0.133. The maximum atomic E-state index is 13.1. The number of benzene rings is 3. The van der Waals surface area contributed by atoms with Gasteiger partial charge in [-0.2, -0.15) is 0 Å². The molecule has 3 aromatic carbocycles. The number of imide groups is 1. The van der Waals surface area contributed by atoms with E-state index >= 15 is 0 Å². The molecule has 2 amide bonds. The second kappa shape index (κ2) is 10.5. The van der Waals surface area contributed by atoms with Gasteiger partial charge in [-0.05, 0) is 41.8 Å². The molecule has 0 saturated heterocycles. The van der Waals surface area contributed by atoms with Crippen molar-refractivity contribution in [2.45, 2.75) is 6.42 Å². The number of hydrogen-bond acceptors (Lipinski definition) is 5. The van der Waals surface area contributed by atoms with E-state index in [1.54, 1.807) is 37.4 Å². The number of rotatable bonds is 7. The van der Waals surface area contributed by atoms with E-state index < -0.39 is 0 Å². The van der Waals surface area contributed by atoms with Crippen molar-refractivity contribution in [3.63, 3.8) is 0 Å². The zero-order valence-corrected chi connectivity index (χ0v) is 20.3. The number of amides is 2. The van der Waals surface area contributed by atoms with Crippen molar-refractivity contribution in [1.29, 1.82) is 0 Å². The molecule has 37 heavy (non-hydrogen) atoms. The molecule has 0 spiro atoms. The van der Waals surface area contributed by atoms with Crippen molar-refractivity contribution >= 4 is 24.0 Å². The van der Waals surface area contributed by atoms with Crippen LogP contribution in [0.4, 0.5) is 0 Å². The fourth-order valence-electron chi connectivity index (χ4n) is 4.25. The highest BCUT2D eigenvalue weighted by atomic mass is 16.5. The molecule has 0 unspecified atom stereocenters. The molecule has 0 saturated carbocycles. The molecule has 5 rings (SSSR count). The summed E-state index contributed by atoms with van der Waals surface area (Å²) in [7, 11) is 1.69. The number of fused-ring (bicyclic) bond motifs is 1. The Bertz CT molecular complexity index is 1610. The Hall–Kier alpha value is -4.78. The van der Waals surface area contributed by atoms with Gasteiger partial charge in [0.25, 0.3) is 17.4 Å². The van der Waals surface area contributed by atoms with E-state index in [0.29, 0.717) is 28.8 Å². The summed E-state index contributed by atoms with van der Waals surface area (Å²) in [6, 6.07) is 25.9. The van der Waals surface area contributed by atoms with Crippen LogP contribution in [-0.2, 0) is 7.05 Å². The lowest BCUT2D eigenvalue weighted by Gasteiger charge is -2.14. The lowest BCUT2D eigenvalue weighted by molar-refractivity contribution is 0.0646. The Morgan fingerprint density at radius 3 is 1.89 bits per heavy atom. The van der Waals surface area contributed by atoms with Gasteiger partial charge in [-0.15, -0.1) is 0 Å². The summed E-state index contributed by atoms with van der Waals surface area (Å²) < 4.78 is 7.58. The standard InChI is InChI=1S/C30H25N3O4/c1-32-26(20-22-13-6-3-7-14-22)27(31-25(30(32)36)19-21-11-4-2-5-12-21)37-18-10-17-33-28(34)23-15-8-9-16-24(23)29(33)35/h2-9,11-16,19-20H,10,17-18H2,1H3/b25-19-,26-20-. The molecule has 7 heteroatoms. The molecule has 2 heterocycles. The first-order valence-corrected chi connectivity index (χ1v) is 12.0. The Labute approximate surface area is 213 Å². The molecule has 0 bridgehead atoms. The average Bonchev–Trinajstić information content (AvgIpc) is 3.17. The minimum absolute atomic E-state index is 0.207. The van der Waals surface area contributed by atoms with Crippen LogP contribution in [0.25, 0.3) is 12.2 Å². The van der Waals surface area contributed by atoms with Crippen LogP contribution in [-0.4, -0.2) is 39.4 Å². The van der Waals surface area contributed by atoms with Gasteiger partial charge in [0.15, 0.2) is 0 Å². The lowest BCUT2D eigenvalue weighted by Crippen LogP contribution is -2.44. The Balaban J connectivity index is 1.42. The van der Waals surface area contributed by atoms with Gasteiger partial charge in [0, 0.05) is 13.6 Å². The van der Waals surface area contributed by atoms with Crippen molar-refractivity contribution in [2.24, 2.45) is 7.05 Å². The van der Waals surface area contributed by atoms with Gasteiger partial charge >= 0.3 is 0 Å². The molecule has 1 aliphatic heterocycles. The van der Waals surface area contributed by atoms with Crippen LogP contribution in [0.3, 0.4) is 0 Å². The Kier molecular flexibility index (Phi) is 6.76. The topological polar surface area (TPSA) is 81.5 Å². The maximum Gasteiger partial charge on any atom is 0.276 e. The molecule has 7 nitrogen and oxygen atoms in total. The van der Waals surface area contributed by atoms with Crippen molar-refractivity contribution in [1.82, 2.24) is 14.5 Å². The smallest absolute Gasteiger partial charge is 0.276 e. The Morgan fingerprint density at radius 2 is 1.30 bits per heavy atom. The van der Waals surface area contributed by atoms with Gasteiger partial charge in [0.1, 0.15) is 10.7 Å². The van der Waals surface area contributed by atoms with Crippen molar-refractivity contribution in [3.05, 3.63) is 128 Å². The molecule has 0 radical (unpaired) electrons. The van der Waals surface area contributed by atoms with Gasteiger partial charge in [-0.1, -0.05) is 72.8 Å². The first-order chi connectivity index (χ1) is 18.0. The first-order valence-electron chi connectivity index (χ1n) is 12.0. The van der Waals surface area contributed by atoms with Crippen LogP contribution in [0.1, 0.15) is 38.3 Å². The van der Waals surface area contributed by atoms with Crippen LogP contribution in [0.5, 0.6) is 5.88 Å². The van der Waals surface area contributed by atoms with Gasteiger partial charge in [-0.25, -0.2) is 4.98 Å². The van der Waals surface area contributed by atoms with E-state index in [2.05, 4.69) is 4.98 Å². The number of aromatic nitrogens is 2. The maximum absolute atomic E-state index is 13.1. The van der Waals surface area contributed by atoms with E-state index in [9.17, 15) is 14.4 Å². The number of nitrogens with zero attached hydrogens (tertiary/aromatic N) is 3. The molecule has 0 fully saturated rings. The van der Waals surface area contributed by atoms with E-state index in [1.165, 1.54) is 9.47 Å². The predicted molar refractivity (Wildman–Crippen MR) is 141 cm³/mol. The highest BCUT2D eigenvalue weighted by molar-refractivity contribution is 6.21. The molecule has 0 atom stereocenters. The van der Waals surface area contributed by atoms with E-state index in [1.807, 2.05) is 66.7 Å². The summed E-state index contributed by atoms with van der Waals surface area (Å²) >= 11 is 0. The highest BCUT2D eigenvalue weighted by Gasteiger charge is 2.34. The summed E-state index contributed by atoms with van der Waals surface area (Å²) in [4.78, 5) is 44.2. The molecule has 0 N–H and O–H groups in total. The minimum atomic E-state index is -0.293. The van der Waals surface area contributed by atoms with Crippen molar-refractivity contribution < 1.29 is 14.3 Å². The number of carbonyl (C=O) groups excluding carboxylic acids is 2. The molecule has 1 aromatic heterocycles. The third-order valence-corrected chi connectivity index (χ3v) is 6.18. The normalized spacial score (nSPS) is 13.8. The molecular formula is C30H25N3O4. The van der Waals surface area contributed by atoms with E-state index in [0.717, 1.165) is 11.1 Å². The molecular weight excluding hydrogens is 466 g/mol. The quantitative estimate of drug-likeness (QED) is 0.293. The lowest BCUT2D eigenvalue weighted by atomic mass is 10.1. The predicted octanol–water partition coefficient (Wildman–Crippen LogP) is 2.50. The summed E-state index contributed by atoms with van der Waals surface area (Å²) in [5.41, 5.74) is 2.35. The van der Waals surface area contributed by atoms with E-state index in [-0.39, 0.29) is 35.9 Å². The second-order valence-electron chi connectivity index (χ2n) is 8.67. The van der Waals surface area contributed by atoms with Gasteiger partial charge < -0.3 is 9.30 Å². The molecule has 0 aliphatic carbocycles. The molecule has 184 valence electrons. The monoisotopic (exact) mass is 491 g/mol. The fourth-order valence-corrected chi connectivity index (χ4v) is 4.25. The largest absolute Gasteiger partial charge is 0.476 e. The molecule has 1 aliphatic rings. The van der Waals surface area contributed by atoms with Crippen LogP contribution >= 0.6 is 0 Å².